The Balaban J connectivity index is 1.46. The molecule has 1 atom stereocenters. The molecule has 28 heavy (non-hydrogen) atoms. The van der Waals surface area contributed by atoms with Gasteiger partial charge in [-0.3, -0.25) is 15.0 Å². The molecule has 0 aliphatic rings. The van der Waals surface area contributed by atoms with Gasteiger partial charge < -0.3 is 9.88 Å². The Morgan fingerprint density at radius 1 is 1.07 bits per heavy atom. The molecular formula is C22H25N5O. The van der Waals surface area contributed by atoms with E-state index in [0.717, 1.165) is 37.1 Å². The summed E-state index contributed by atoms with van der Waals surface area (Å²) in [4.78, 5) is 16.1. The van der Waals surface area contributed by atoms with Crippen molar-refractivity contribution in [3.63, 3.8) is 0 Å². The highest BCUT2D eigenvalue weighted by molar-refractivity contribution is 5.78. The Morgan fingerprint density at radius 2 is 1.89 bits per heavy atom. The number of rotatable bonds is 8. The van der Waals surface area contributed by atoms with Crippen LogP contribution in [0.2, 0.25) is 0 Å². The maximum Gasteiger partial charge on any atom is 0.271 e. The third kappa shape index (κ3) is 4.34. The molecule has 144 valence electrons. The first kappa shape index (κ1) is 18.1. The molecule has 0 aliphatic heterocycles. The molecule has 3 N–H and O–H groups in total. The van der Waals surface area contributed by atoms with Gasteiger partial charge in [-0.15, -0.1) is 0 Å². The number of fused-ring (bicyclic) bond motifs is 1. The molecule has 0 bridgehead atoms. The fourth-order valence-corrected chi connectivity index (χ4v) is 3.68. The number of aromatic amines is 2. The molecule has 0 aliphatic carbocycles. The van der Waals surface area contributed by atoms with Crippen molar-refractivity contribution in [1.29, 1.82) is 0 Å². The summed E-state index contributed by atoms with van der Waals surface area (Å²) in [5.74, 6) is 1.40. The number of nitrogens with zero attached hydrogens (tertiary/aromatic N) is 2. The number of nitrogens with one attached hydrogen (secondary N) is 3. The Kier molecular flexibility index (Phi) is 5.28. The molecule has 2 aromatic heterocycles. The van der Waals surface area contributed by atoms with Gasteiger partial charge in [0, 0.05) is 19.8 Å². The van der Waals surface area contributed by atoms with E-state index < -0.39 is 0 Å². The van der Waals surface area contributed by atoms with Crippen LogP contribution in [0.3, 0.4) is 0 Å². The van der Waals surface area contributed by atoms with Gasteiger partial charge in [-0.2, -0.15) is 0 Å². The van der Waals surface area contributed by atoms with Crippen LogP contribution in [0, 0.1) is 5.92 Å². The quantitative estimate of drug-likeness (QED) is 0.441. The summed E-state index contributed by atoms with van der Waals surface area (Å²) in [5.41, 5.74) is 3.39. The van der Waals surface area contributed by atoms with Crippen molar-refractivity contribution in [2.45, 2.75) is 19.3 Å². The standard InChI is InChI=1S/C22H25N5O/c1-27-14-21(24-15-27)23-10-9-18(11-16-5-3-2-4-6-16)12-17-7-8-19-20(13-17)25-26-22(19)28/h2-8,13-15,18,23H,9-12H2,1H3,(H2,25,26,28). The Morgan fingerprint density at radius 3 is 2.68 bits per heavy atom. The number of aromatic nitrogens is 4. The first-order valence-electron chi connectivity index (χ1n) is 9.62. The van der Waals surface area contributed by atoms with Crippen LogP contribution in [0.5, 0.6) is 0 Å². The lowest BCUT2D eigenvalue weighted by Crippen LogP contribution is -2.14. The molecule has 0 radical (unpaired) electrons. The van der Waals surface area contributed by atoms with Crippen LogP contribution in [0.25, 0.3) is 10.9 Å². The monoisotopic (exact) mass is 375 g/mol. The second-order valence-electron chi connectivity index (χ2n) is 7.36. The topological polar surface area (TPSA) is 78.5 Å². The largest absolute Gasteiger partial charge is 0.369 e. The van der Waals surface area contributed by atoms with Crippen molar-refractivity contribution in [1.82, 2.24) is 19.7 Å². The number of aryl methyl sites for hydroxylation is 1. The summed E-state index contributed by atoms with van der Waals surface area (Å²) >= 11 is 0. The first-order chi connectivity index (χ1) is 13.7. The van der Waals surface area contributed by atoms with E-state index in [4.69, 9.17) is 0 Å². The molecule has 0 saturated carbocycles. The molecule has 4 aromatic rings. The van der Waals surface area contributed by atoms with Crippen molar-refractivity contribution in [3.8, 4) is 0 Å². The zero-order chi connectivity index (χ0) is 19.3. The Bertz CT molecular complexity index is 1090. The average molecular weight is 375 g/mol. The molecule has 0 amide bonds. The maximum absolute atomic E-state index is 11.7. The Hall–Kier alpha value is -3.28. The lowest BCUT2D eigenvalue weighted by molar-refractivity contribution is 0.494. The van der Waals surface area contributed by atoms with Gasteiger partial charge in [0.1, 0.15) is 5.82 Å². The normalized spacial score (nSPS) is 12.3. The molecular weight excluding hydrogens is 350 g/mol. The smallest absolute Gasteiger partial charge is 0.271 e. The summed E-state index contributed by atoms with van der Waals surface area (Å²) in [5, 5.41) is 9.73. The molecule has 1 unspecified atom stereocenters. The molecule has 6 heteroatoms. The summed E-state index contributed by atoms with van der Waals surface area (Å²) < 4.78 is 1.94. The summed E-state index contributed by atoms with van der Waals surface area (Å²) in [6, 6.07) is 16.7. The predicted octanol–water partition coefficient (Wildman–Crippen LogP) is 3.49. The minimum absolute atomic E-state index is 0.0676. The highest BCUT2D eigenvalue weighted by Crippen LogP contribution is 2.20. The number of hydrogen-bond acceptors (Lipinski definition) is 3. The van der Waals surface area contributed by atoms with Crippen molar-refractivity contribution in [2.75, 3.05) is 11.9 Å². The van der Waals surface area contributed by atoms with Crippen molar-refractivity contribution in [3.05, 3.63) is 82.5 Å². The van der Waals surface area contributed by atoms with Gasteiger partial charge in [0.05, 0.1) is 17.2 Å². The fraction of sp³-hybridized carbons (Fsp3) is 0.273. The second-order valence-corrected chi connectivity index (χ2v) is 7.36. The van der Waals surface area contributed by atoms with Gasteiger partial charge >= 0.3 is 0 Å². The highest BCUT2D eigenvalue weighted by atomic mass is 16.1. The van der Waals surface area contributed by atoms with Gasteiger partial charge in [-0.05, 0) is 48.4 Å². The van der Waals surface area contributed by atoms with Crippen LogP contribution in [0.1, 0.15) is 17.5 Å². The molecule has 0 saturated heterocycles. The van der Waals surface area contributed by atoms with Crippen LogP contribution in [0.15, 0.2) is 65.8 Å². The minimum Gasteiger partial charge on any atom is -0.369 e. The number of hydrogen-bond donors (Lipinski definition) is 3. The zero-order valence-electron chi connectivity index (χ0n) is 16.0. The van der Waals surface area contributed by atoms with Gasteiger partial charge in [0.15, 0.2) is 0 Å². The molecule has 2 heterocycles. The van der Waals surface area contributed by atoms with E-state index in [9.17, 15) is 4.79 Å². The summed E-state index contributed by atoms with van der Waals surface area (Å²) in [6.07, 6.45) is 6.81. The van der Waals surface area contributed by atoms with Gasteiger partial charge in [-0.1, -0.05) is 36.4 Å². The third-order valence-corrected chi connectivity index (χ3v) is 5.09. The van der Waals surface area contributed by atoms with E-state index >= 15 is 0 Å². The predicted molar refractivity (Wildman–Crippen MR) is 113 cm³/mol. The van der Waals surface area contributed by atoms with Crippen LogP contribution >= 0.6 is 0 Å². The average Bonchev–Trinajstić information content (AvgIpc) is 3.28. The van der Waals surface area contributed by atoms with Gasteiger partial charge in [0.2, 0.25) is 0 Å². The fourth-order valence-electron chi connectivity index (χ4n) is 3.68. The van der Waals surface area contributed by atoms with Crippen LogP contribution in [-0.4, -0.2) is 26.3 Å². The van der Waals surface area contributed by atoms with Gasteiger partial charge in [0.25, 0.3) is 5.56 Å². The third-order valence-electron chi connectivity index (χ3n) is 5.09. The lowest BCUT2D eigenvalue weighted by Gasteiger charge is -2.18. The molecule has 4 rings (SSSR count). The van der Waals surface area contributed by atoms with Crippen molar-refractivity contribution in [2.24, 2.45) is 13.0 Å². The SMILES string of the molecule is Cn1cnc(NCCC(Cc2ccccc2)Cc2ccc3c(=O)[nH][nH]c3c2)c1. The number of anilines is 1. The first-order valence-corrected chi connectivity index (χ1v) is 9.62. The molecule has 0 fully saturated rings. The van der Waals surface area contributed by atoms with Gasteiger partial charge in [-0.25, -0.2) is 4.98 Å². The van der Waals surface area contributed by atoms with Crippen LogP contribution in [-0.2, 0) is 19.9 Å². The minimum atomic E-state index is -0.0676. The van der Waals surface area contributed by atoms with Crippen LogP contribution in [0.4, 0.5) is 5.82 Å². The molecule has 6 nitrogen and oxygen atoms in total. The highest BCUT2D eigenvalue weighted by Gasteiger charge is 2.12. The van der Waals surface area contributed by atoms with E-state index in [1.165, 1.54) is 11.1 Å². The molecule has 2 aromatic carbocycles. The van der Waals surface area contributed by atoms with E-state index in [1.54, 1.807) is 6.33 Å². The summed E-state index contributed by atoms with van der Waals surface area (Å²) in [6.45, 7) is 0.873. The van der Waals surface area contributed by atoms with E-state index in [2.05, 4.69) is 63.0 Å². The number of imidazole rings is 1. The number of H-pyrrole nitrogens is 2. The van der Waals surface area contributed by atoms with E-state index in [-0.39, 0.29) is 5.56 Å². The Labute approximate surface area is 163 Å². The van der Waals surface area contributed by atoms with Crippen molar-refractivity contribution < 1.29 is 0 Å². The number of benzene rings is 2. The van der Waals surface area contributed by atoms with E-state index in [1.807, 2.05) is 23.9 Å². The van der Waals surface area contributed by atoms with Crippen molar-refractivity contribution >= 4 is 16.7 Å². The lowest BCUT2D eigenvalue weighted by atomic mass is 9.89. The second kappa shape index (κ2) is 8.17. The van der Waals surface area contributed by atoms with E-state index in [0.29, 0.717) is 11.3 Å². The van der Waals surface area contributed by atoms with Crippen LogP contribution < -0.4 is 10.9 Å². The zero-order valence-corrected chi connectivity index (χ0v) is 16.0. The summed E-state index contributed by atoms with van der Waals surface area (Å²) in [7, 11) is 1.97. The maximum atomic E-state index is 11.7. The molecule has 0 spiro atoms.